The lowest BCUT2D eigenvalue weighted by Gasteiger charge is -2.29. The van der Waals surface area contributed by atoms with Crippen LogP contribution in [0, 0.1) is 17.0 Å². The van der Waals surface area contributed by atoms with E-state index in [9.17, 15) is 14.9 Å². The lowest BCUT2D eigenvalue weighted by Crippen LogP contribution is -2.48. The van der Waals surface area contributed by atoms with Crippen LogP contribution in [0.3, 0.4) is 0 Å². The Morgan fingerprint density at radius 1 is 1.32 bits per heavy atom. The van der Waals surface area contributed by atoms with Crippen LogP contribution < -0.4 is 10.6 Å². The van der Waals surface area contributed by atoms with E-state index in [4.69, 9.17) is 0 Å². The minimum absolute atomic E-state index is 0. The number of carbonyl (C=O) groups is 1. The van der Waals surface area contributed by atoms with Crippen molar-refractivity contribution >= 4 is 24.0 Å². The molecular formula is C15H20ClN3O3. The van der Waals surface area contributed by atoms with Crippen LogP contribution in [0.15, 0.2) is 18.2 Å². The fourth-order valence-corrected chi connectivity index (χ4v) is 3.45. The Kier molecular flexibility index (Phi) is 5.03. The van der Waals surface area contributed by atoms with E-state index < -0.39 is 4.92 Å². The van der Waals surface area contributed by atoms with Crippen molar-refractivity contribution in [2.24, 2.45) is 0 Å². The average Bonchev–Trinajstić information content (AvgIpc) is 2.77. The number of nitro benzene ring substituents is 1. The molecule has 2 atom stereocenters. The normalized spacial score (nSPS) is 26.1. The second-order valence-corrected chi connectivity index (χ2v) is 6.04. The van der Waals surface area contributed by atoms with E-state index >= 15 is 0 Å². The zero-order valence-corrected chi connectivity index (χ0v) is 13.2. The van der Waals surface area contributed by atoms with Crippen LogP contribution in [-0.4, -0.2) is 29.0 Å². The van der Waals surface area contributed by atoms with Crippen LogP contribution in [-0.2, 0) is 0 Å². The van der Waals surface area contributed by atoms with Crippen molar-refractivity contribution in [3.63, 3.8) is 0 Å². The average molecular weight is 326 g/mol. The predicted octanol–water partition coefficient (Wildman–Crippen LogP) is 2.34. The predicted molar refractivity (Wildman–Crippen MR) is 85.5 cm³/mol. The summed E-state index contributed by atoms with van der Waals surface area (Å²) in [5.74, 6) is -0.140. The van der Waals surface area contributed by atoms with Gasteiger partial charge in [-0.15, -0.1) is 12.4 Å². The summed E-state index contributed by atoms with van der Waals surface area (Å²) in [6, 6.07) is 5.75. The fourth-order valence-electron chi connectivity index (χ4n) is 3.45. The zero-order valence-electron chi connectivity index (χ0n) is 12.4. The molecule has 0 spiro atoms. The number of fused-ring (bicyclic) bond motifs is 2. The van der Waals surface area contributed by atoms with Crippen molar-refractivity contribution in [2.45, 2.75) is 50.7 Å². The Morgan fingerprint density at radius 3 is 2.50 bits per heavy atom. The number of piperidine rings is 1. The van der Waals surface area contributed by atoms with E-state index in [2.05, 4.69) is 10.6 Å². The molecule has 0 radical (unpaired) electrons. The summed E-state index contributed by atoms with van der Waals surface area (Å²) in [5, 5.41) is 17.4. The third-order valence-corrected chi connectivity index (χ3v) is 4.46. The summed E-state index contributed by atoms with van der Waals surface area (Å²) >= 11 is 0. The second-order valence-electron chi connectivity index (χ2n) is 6.04. The van der Waals surface area contributed by atoms with Gasteiger partial charge >= 0.3 is 0 Å². The van der Waals surface area contributed by atoms with Crippen LogP contribution in [0.1, 0.15) is 41.6 Å². The molecule has 120 valence electrons. The molecule has 2 saturated heterocycles. The molecule has 3 rings (SSSR count). The van der Waals surface area contributed by atoms with Gasteiger partial charge in [-0.2, -0.15) is 0 Å². The minimum Gasteiger partial charge on any atom is -0.349 e. The fraction of sp³-hybridized carbons (Fsp3) is 0.533. The van der Waals surface area contributed by atoms with Gasteiger partial charge in [-0.05, 0) is 44.7 Å². The number of rotatable bonds is 3. The molecule has 7 heteroatoms. The largest absolute Gasteiger partial charge is 0.349 e. The number of benzene rings is 1. The highest BCUT2D eigenvalue weighted by molar-refractivity contribution is 5.94. The number of hydrogen-bond acceptors (Lipinski definition) is 4. The Labute approximate surface area is 135 Å². The first kappa shape index (κ1) is 16.7. The van der Waals surface area contributed by atoms with E-state index in [-0.39, 0.29) is 30.0 Å². The Balaban J connectivity index is 0.00000176. The van der Waals surface area contributed by atoms with Gasteiger partial charge in [0.25, 0.3) is 11.6 Å². The molecule has 2 bridgehead atoms. The van der Waals surface area contributed by atoms with E-state index in [0.29, 0.717) is 23.2 Å². The molecule has 2 aliphatic rings. The zero-order chi connectivity index (χ0) is 15.0. The van der Waals surface area contributed by atoms with Crippen molar-refractivity contribution in [1.29, 1.82) is 0 Å². The molecule has 0 aliphatic carbocycles. The van der Waals surface area contributed by atoms with E-state index in [1.165, 1.54) is 25.0 Å². The summed E-state index contributed by atoms with van der Waals surface area (Å²) in [4.78, 5) is 22.6. The molecule has 6 nitrogen and oxygen atoms in total. The van der Waals surface area contributed by atoms with Crippen molar-refractivity contribution in [2.75, 3.05) is 0 Å². The first-order chi connectivity index (χ1) is 10.0. The first-order valence-corrected chi connectivity index (χ1v) is 7.35. The molecule has 1 amide bonds. The SMILES string of the molecule is Cc1cc(C(=O)NC2CC3CCC(C2)N3)ccc1[N+](=O)[O-].Cl. The van der Waals surface area contributed by atoms with Gasteiger partial charge in [-0.25, -0.2) is 0 Å². The van der Waals surface area contributed by atoms with Gasteiger partial charge in [0.15, 0.2) is 0 Å². The molecule has 2 fully saturated rings. The Bertz CT molecular complexity index is 581. The monoisotopic (exact) mass is 325 g/mol. The maximum atomic E-state index is 12.3. The van der Waals surface area contributed by atoms with Gasteiger partial charge in [0.1, 0.15) is 0 Å². The van der Waals surface area contributed by atoms with Crippen LogP contribution in [0.4, 0.5) is 5.69 Å². The second kappa shape index (κ2) is 6.62. The maximum Gasteiger partial charge on any atom is 0.272 e. The van der Waals surface area contributed by atoms with Crippen LogP contribution in [0.5, 0.6) is 0 Å². The van der Waals surface area contributed by atoms with Crippen molar-refractivity contribution in [1.82, 2.24) is 10.6 Å². The summed E-state index contributed by atoms with van der Waals surface area (Å²) < 4.78 is 0. The number of carbonyl (C=O) groups excluding carboxylic acids is 1. The van der Waals surface area contributed by atoms with Gasteiger partial charge in [0.2, 0.25) is 0 Å². The molecule has 0 aromatic heterocycles. The smallest absolute Gasteiger partial charge is 0.272 e. The molecule has 22 heavy (non-hydrogen) atoms. The molecule has 0 saturated carbocycles. The van der Waals surface area contributed by atoms with Gasteiger partial charge < -0.3 is 10.6 Å². The molecular weight excluding hydrogens is 306 g/mol. The molecule has 2 aliphatic heterocycles. The topological polar surface area (TPSA) is 84.3 Å². The molecule has 1 aromatic carbocycles. The van der Waals surface area contributed by atoms with E-state index in [1.54, 1.807) is 13.0 Å². The van der Waals surface area contributed by atoms with Crippen molar-refractivity contribution in [3.05, 3.63) is 39.4 Å². The molecule has 2 N–H and O–H groups in total. The third-order valence-electron chi connectivity index (χ3n) is 4.46. The van der Waals surface area contributed by atoms with Crippen LogP contribution in [0.2, 0.25) is 0 Å². The van der Waals surface area contributed by atoms with Crippen molar-refractivity contribution in [3.8, 4) is 0 Å². The minimum atomic E-state index is -0.429. The quantitative estimate of drug-likeness (QED) is 0.660. The van der Waals surface area contributed by atoms with Crippen molar-refractivity contribution < 1.29 is 9.72 Å². The van der Waals surface area contributed by atoms with Crippen LogP contribution in [0.25, 0.3) is 0 Å². The number of amides is 1. The molecule has 2 unspecified atom stereocenters. The number of nitro groups is 1. The first-order valence-electron chi connectivity index (χ1n) is 7.35. The third kappa shape index (κ3) is 3.39. The number of hydrogen-bond donors (Lipinski definition) is 2. The molecule has 2 heterocycles. The lowest BCUT2D eigenvalue weighted by molar-refractivity contribution is -0.385. The lowest BCUT2D eigenvalue weighted by atomic mass is 9.99. The highest BCUT2D eigenvalue weighted by Gasteiger charge is 2.34. The highest BCUT2D eigenvalue weighted by Crippen LogP contribution is 2.27. The number of halogens is 1. The van der Waals surface area contributed by atoms with Gasteiger partial charge in [-0.1, -0.05) is 0 Å². The van der Waals surface area contributed by atoms with Gasteiger partial charge in [0.05, 0.1) is 4.92 Å². The Morgan fingerprint density at radius 2 is 1.95 bits per heavy atom. The highest BCUT2D eigenvalue weighted by atomic mass is 35.5. The summed E-state index contributed by atoms with van der Waals surface area (Å²) in [5.41, 5.74) is 1.05. The van der Waals surface area contributed by atoms with E-state index in [0.717, 1.165) is 12.8 Å². The maximum absolute atomic E-state index is 12.3. The summed E-state index contributed by atoms with van der Waals surface area (Å²) in [6.07, 6.45) is 4.31. The number of aryl methyl sites for hydroxylation is 1. The number of nitrogens with zero attached hydrogens (tertiary/aromatic N) is 1. The molecule has 1 aromatic rings. The Hall–Kier alpha value is -1.66. The van der Waals surface area contributed by atoms with E-state index in [1.807, 2.05) is 0 Å². The standard InChI is InChI=1S/C15H19N3O3.ClH/c1-9-6-10(2-5-14(9)18(20)21)15(19)17-13-7-11-3-4-12(8-13)16-11;/h2,5-6,11-13,16H,3-4,7-8H2,1H3,(H,17,19);1H. The summed E-state index contributed by atoms with van der Waals surface area (Å²) in [7, 11) is 0. The van der Waals surface area contributed by atoms with Crippen LogP contribution >= 0.6 is 12.4 Å². The summed E-state index contributed by atoms with van der Waals surface area (Å²) in [6.45, 7) is 1.65. The van der Waals surface area contributed by atoms with Gasteiger partial charge in [0, 0.05) is 35.3 Å². The number of nitrogens with one attached hydrogen (secondary N) is 2. The van der Waals surface area contributed by atoms with Gasteiger partial charge in [-0.3, -0.25) is 14.9 Å².